The summed E-state index contributed by atoms with van der Waals surface area (Å²) in [4.78, 5) is 29.9. The summed E-state index contributed by atoms with van der Waals surface area (Å²) < 4.78 is 0. The lowest BCUT2D eigenvalue weighted by atomic mass is 10.0. The van der Waals surface area contributed by atoms with E-state index in [4.69, 9.17) is 23.2 Å². The third-order valence-electron chi connectivity index (χ3n) is 5.43. The van der Waals surface area contributed by atoms with Crippen LogP contribution in [0.15, 0.2) is 83.8 Å². The Morgan fingerprint density at radius 2 is 1.44 bits per heavy atom. The van der Waals surface area contributed by atoms with E-state index >= 15 is 0 Å². The molecule has 0 spiro atoms. The molecule has 0 bridgehead atoms. The molecule has 3 aromatic rings. The van der Waals surface area contributed by atoms with Crippen LogP contribution < -0.4 is 5.32 Å². The minimum atomic E-state index is -0.657. The second kappa shape index (κ2) is 13.2. The summed E-state index contributed by atoms with van der Waals surface area (Å²) in [5.41, 5.74) is 1.49. The average molecular weight is 544 g/mol. The van der Waals surface area contributed by atoms with E-state index < -0.39 is 11.6 Å². The van der Waals surface area contributed by atoms with E-state index in [2.05, 4.69) is 5.32 Å². The summed E-state index contributed by atoms with van der Waals surface area (Å²) in [6.07, 6.45) is 0.724. The molecular formula is C29H32Cl2N2O2S. The monoisotopic (exact) mass is 542 g/mol. The van der Waals surface area contributed by atoms with Crippen molar-refractivity contribution in [2.45, 2.75) is 56.6 Å². The largest absolute Gasteiger partial charge is 0.350 e. The molecule has 0 fully saturated rings. The Kier molecular flexibility index (Phi) is 10.3. The van der Waals surface area contributed by atoms with Crippen LogP contribution in [0.2, 0.25) is 10.0 Å². The summed E-state index contributed by atoms with van der Waals surface area (Å²) >= 11 is 13.7. The smallest absolute Gasteiger partial charge is 0.243 e. The zero-order chi connectivity index (χ0) is 26.1. The number of benzene rings is 3. The van der Waals surface area contributed by atoms with Gasteiger partial charge in [0.15, 0.2) is 0 Å². The molecule has 3 aromatic carbocycles. The molecule has 0 aromatic heterocycles. The quantitative estimate of drug-likeness (QED) is 0.279. The van der Waals surface area contributed by atoms with Crippen LogP contribution >= 0.6 is 35.0 Å². The van der Waals surface area contributed by atoms with Crippen molar-refractivity contribution in [3.05, 3.63) is 100 Å². The summed E-state index contributed by atoms with van der Waals surface area (Å²) in [6.45, 7) is 6.15. The van der Waals surface area contributed by atoms with Crippen LogP contribution in [0.5, 0.6) is 0 Å². The molecular weight excluding hydrogens is 511 g/mol. The van der Waals surface area contributed by atoms with Crippen LogP contribution in [0.4, 0.5) is 0 Å². The minimum Gasteiger partial charge on any atom is -0.350 e. The second-order valence-electron chi connectivity index (χ2n) is 9.65. The SMILES string of the molecule is CC(C)(C)NC(=O)[C@@H](Cc1ccccc1)N(Cc1ccc(Cl)cc1)C(=O)CCSc1ccc(Cl)cc1. The van der Waals surface area contributed by atoms with E-state index in [-0.39, 0.29) is 11.8 Å². The van der Waals surface area contributed by atoms with Gasteiger partial charge in [-0.25, -0.2) is 0 Å². The Bertz CT molecular complexity index is 1130. The van der Waals surface area contributed by atoms with E-state index in [0.717, 1.165) is 16.0 Å². The molecule has 4 nitrogen and oxygen atoms in total. The van der Waals surface area contributed by atoms with Gasteiger partial charge in [-0.05, 0) is 68.3 Å². The highest BCUT2D eigenvalue weighted by atomic mass is 35.5. The van der Waals surface area contributed by atoms with Gasteiger partial charge >= 0.3 is 0 Å². The lowest BCUT2D eigenvalue weighted by Crippen LogP contribution is -2.54. The molecule has 1 atom stereocenters. The van der Waals surface area contributed by atoms with Crippen LogP contribution in [0.3, 0.4) is 0 Å². The van der Waals surface area contributed by atoms with Crippen molar-refractivity contribution in [1.29, 1.82) is 0 Å². The highest BCUT2D eigenvalue weighted by Gasteiger charge is 2.32. The fourth-order valence-corrected chi connectivity index (χ4v) is 4.82. The highest BCUT2D eigenvalue weighted by molar-refractivity contribution is 7.99. The van der Waals surface area contributed by atoms with Gasteiger partial charge < -0.3 is 10.2 Å². The number of nitrogens with one attached hydrogen (secondary N) is 1. The van der Waals surface area contributed by atoms with Gasteiger partial charge in [-0.3, -0.25) is 9.59 Å². The van der Waals surface area contributed by atoms with Gasteiger partial charge in [-0.2, -0.15) is 0 Å². The molecule has 0 saturated carbocycles. The van der Waals surface area contributed by atoms with Crippen molar-refractivity contribution in [3.63, 3.8) is 0 Å². The predicted octanol–water partition coefficient (Wildman–Crippen LogP) is 7.03. The fraction of sp³-hybridized carbons (Fsp3) is 0.310. The Hall–Kier alpha value is -2.47. The fourth-order valence-electron chi connectivity index (χ4n) is 3.72. The number of halogens is 2. The zero-order valence-electron chi connectivity index (χ0n) is 20.8. The first-order valence-electron chi connectivity index (χ1n) is 11.9. The normalized spacial score (nSPS) is 12.1. The van der Waals surface area contributed by atoms with Crippen molar-refractivity contribution in [3.8, 4) is 0 Å². The maximum atomic E-state index is 13.6. The van der Waals surface area contributed by atoms with Crippen LogP contribution in [0, 0.1) is 0 Å². The molecule has 0 saturated heterocycles. The van der Waals surface area contributed by atoms with Crippen molar-refractivity contribution >= 4 is 46.8 Å². The molecule has 7 heteroatoms. The molecule has 3 rings (SSSR count). The van der Waals surface area contributed by atoms with Crippen molar-refractivity contribution in [2.24, 2.45) is 0 Å². The van der Waals surface area contributed by atoms with Crippen LogP contribution in [0.1, 0.15) is 38.3 Å². The third kappa shape index (κ3) is 9.20. The number of hydrogen-bond donors (Lipinski definition) is 1. The van der Waals surface area contributed by atoms with Gasteiger partial charge in [0, 0.05) is 45.6 Å². The number of amides is 2. The highest BCUT2D eigenvalue weighted by Crippen LogP contribution is 2.23. The number of thioether (sulfide) groups is 1. The van der Waals surface area contributed by atoms with Gasteiger partial charge in [0.25, 0.3) is 0 Å². The van der Waals surface area contributed by atoms with E-state index in [1.807, 2.05) is 87.5 Å². The molecule has 0 radical (unpaired) electrons. The zero-order valence-corrected chi connectivity index (χ0v) is 23.2. The van der Waals surface area contributed by atoms with Gasteiger partial charge in [-0.1, -0.05) is 65.7 Å². The Morgan fingerprint density at radius 1 is 0.861 bits per heavy atom. The number of rotatable bonds is 10. The van der Waals surface area contributed by atoms with E-state index in [1.54, 1.807) is 28.8 Å². The van der Waals surface area contributed by atoms with Gasteiger partial charge in [-0.15, -0.1) is 11.8 Å². The van der Waals surface area contributed by atoms with E-state index in [0.29, 0.717) is 35.2 Å². The topological polar surface area (TPSA) is 49.4 Å². The minimum absolute atomic E-state index is 0.0728. The molecule has 0 heterocycles. The number of carbonyl (C=O) groups is 2. The van der Waals surface area contributed by atoms with Crippen molar-refractivity contribution in [1.82, 2.24) is 10.2 Å². The molecule has 0 aliphatic heterocycles. The molecule has 2 amide bonds. The van der Waals surface area contributed by atoms with E-state index in [9.17, 15) is 9.59 Å². The molecule has 0 aliphatic rings. The van der Waals surface area contributed by atoms with Crippen LogP contribution in [-0.2, 0) is 22.6 Å². The summed E-state index contributed by atoms with van der Waals surface area (Å²) in [5.74, 6) is 0.353. The molecule has 1 N–H and O–H groups in total. The third-order valence-corrected chi connectivity index (χ3v) is 6.95. The van der Waals surface area contributed by atoms with E-state index in [1.165, 1.54) is 0 Å². The lowest BCUT2D eigenvalue weighted by molar-refractivity contribution is -0.141. The standard InChI is InChI=1S/C29H32Cl2N2O2S/c1-29(2,3)32-28(35)26(19-21-7-5-4-6-8-21)33(20-22-9-11-23(30)12-10-22)27(34)17-18-36-25-15-13-24(31)14-16-25/h4-16,26H,17-20H2,1-3H3,(H,32,35)/t26-/m1/s1. The number of carbonyl (C=O) groups excluding carboxylic acids is 2. The number of hydrogen-bond acceptors (Lipinski definition) is 3. The van der Waals surface area contributed by atoms with Crippen LogP contribution in [0.25, 0.3) is 0 Å². The maximum Gasteiger partial charge on any atom is 0.243 e. The summed E-state index contributed by atoms with van der Waals surface area (Å²) in [5, 5.41) is 4.39. The Morgan fingerprint density at radius 3 is 2.03 bits per heavy atom. The predicted molar refractivity (Wildman–Crippen MR) is 151 cm³/mol. The summed E-state index contributed by atoms with van der Waals surface area (Å²) in [7, 11) is 0. The summed E-state index contributed by atoms with van der Waals surface area (Å²) in [6, 6.07) is 24.1. The molecule has 190 valence electrons. The lowest BCUT2D eigenvalue weighted by Gasteiger charge is -2.34. The Labute approximate surface area is 228 Å². The first-order chi connectivity index (χ1) is 17.1. The van der Waals surface area contributed by atoms with Crippen molar-refractivity contribution in [2.75, 3.05) is 5.75 Å². The van der Waals surface area contributed by atoms with Crippen LogP contribution in [-0.4, -0.2) is 34.0 Å². The maximum absolute atomic E-state index is 13.6. The average Bonchev–Trinajstić information content (AvgIpc) is 2.83. The first kappa shape index (κ1) is 28.1. The van der Waals surface area contributed by atoms with Gasteiger partial charge in [0.2, 0.25) is 11.8 Å². The Balaban J connectivity index is 1.85. The molecule has 36 heavy (non-hydrogen) atoms. The molecule has 0 unspecified atom stereocenters. The first-order valence-corrected chi connectivity index (χ1v) is 13.6. The van der Waals surface area contributed by atoms with Crippen molar-refractivity contribution < 1.29 is 9.59 Å². The number of nitrogens with zero attached hydrogens (tertiary/aromatic N) is 1. The van der Waals surface area contributed by atoms with Gasteiger partial charge in [0.05, 0.1) is 0 Å². The molecule has 0 aliphatic carbocycles. The second-order valence-corrected chi connectivity index (χ2v) is 11.7. The van der Waals surface area contributed by atoms with Gasteiger partial charge in [0.1, 0.15) is 6.04 Å².